The second kappa shape index (κ2) is 6.61. The summed E-state index contributed by atoms with van der Waals surface area (Å²) in [6, 6.07) is 0. The molecule has 0 spiro atoms. The van der Waals surface area contributed by atoms with Crippen molar-refractivity contribution in [3.8, 4) is 0 Å². The van der Waals surface area contributed by atoms with Crippen molar-refractivity contribution in [1.29, 1.82) is 0 Å². The Balaban J connectivity index is 2.36. The Morgan fingerprint density at radius 3 is 2.31 bits per heavy atom. The van der Waals surface area contributed by atoms with E-state index in [9.17, 15) is 0 Å². The van der Waals surface area contributed by atoms with Crippen molar-refractivity contribution in [3.05, 3.63) is 0 Å². The number of hydrogen-bond acceptors (Lipinski definition) is 2. The van der Waals surface area contributed by atoms with Gasteiger partial charge < -0.3 is 10.6 Å². The number of rotatable bonds is 6. The molecule has 96 valence electrons. The molecule has 2 heteroatoms. The van der Waals surface area contributed by atoms with E-state index in [-0.39, 0.29) is 0 Å². The third-order valence-electron chi connectivity index (χ3n) is 4.04. The molecule has 0 bridgehead atoms. The Bertz CT molecular complexity index is 183. The molecule has 2 nitrogen and oxygen atoms in total. The average molecular weight is 226 g/mol. The van der Waals surface area contributed by atoms with Crippen molar-refractivity contribution in [3.63, 3.8) is 0 Å². The Hall–Kier alpha value is -0.0800. The van der Waals surface area contributed by atoms with Gasteiger partial charge in [-0.1, -0.05) is 33.1 Å². The van der Waals surface area contributed by atoms with Crippen LogP contribution >= 0.6 is 0 Å². The molecule has 0 aromatic heterocycles. The lowest BCUT2D eigenvalue weighted by Crippen LogP contribution is -2.43. The van der Waals surface area contributed by atoms with Crippen molar-refractivity contribution < 1.29 is 0 Å². The molecule has 0 aromatic carbocycles. The first-order chi connectivity index (χ1) is 7.58. The fourth-order valence-corrected chi connectivity index (χ4v) is 2.86. The summed E-state index contributed by atoms with van der Waals surface area (Å²) in [6.45, 7) is 7.90. The largest absolute Gasteiger partial charge is 0.330 e. The maximum Gasteiger partial charge on any atom is 0.00470 e. The highest BCUT2D eigenvalue weighted by atomic mass is 15.1. The van der Waals surface area contributed by atoms with E-state index in [1.165, 1.54) is 51.6 Å². The van der Waals surface area contributed by atoms with Crippen LogP contribution in [0.2, 0.25) is 0 Å². The third kappa shape index (κ3) is 4.42. The third-order valence-corrected chi connectivity index (χ3v) is 4.04. The zero-order chi connectivity index (χ0) is 12.0. The van der Waals surface area contributed by atoms with Gasteiger partial charge in [-0.3, -0.25) is 0 Å². The SMILES string of the molecule is CC(C)CCN(C)CC1(CN)CCCCC1. The smallest absolute Gasteiger partial charge is 0.00470 e. The fourth-order valence-electron chi connectivity index (χ4n) is 2.86. The average Bonchev–Trinajstić information content (AvgIpc) is 2.28. The van der Waals surface area contributed by atoms with Gasteiger partial charge in [-0.15, -0.1) is 0 Å². The maximum absolute atomic E-state index is 6.02. The van der Waals surface area contributed by atoms with E-state index in [1.807, 2.05) is 0 Å². The summed E-state index contributed by atoms with van der Waals surface area (Å²) in [5, 5.41) is 0. The number of hydrogen-bond donors (Lipinski definition) is 1. The van der Waals surface area contributed by atoms with Gasteiger partial charge in [0, 0.05) is 6.54 Å². The van der Waals surface area contributed by atoms with Gasteiger partial charge in [0.2, 0.25) is 0 Å². The van der Waals surface area contributed by atoms with Gasteiger partial charge in [-0.2, -0.15) is 0 Å². The molecule has 1 aliphatic carbocycles. The molecule has 0 amide bonds. The highest BCUT2D eigenvalue weighted by molar-refractivity contribution is 4.86. The number of nitrogens with two attached hydrogens (primary N) is 1. The monoisotopic (exact) mass is 226 g/mol. The standard InChI is InChI=1S/C14H30N2/c1-13(2)7-10-16(3)12-14(11-15)8-5-4-6-9-14/h13H,4-12,15H2,1-3H3. The summed E-state index contributed by atoms with van der Waals surface area (Å²) in [5.74, 6) is 0.808. The first kappa shape index (κ1) is 14.0. The minimum Gasteiger partial charge on any atom is -0.330 e. The van der Waals surface area contributed by atoms with Crippen molar-refractivity contribution in [2.45, 2.75) is 52.4 Å². The van der Waals surface area contributed by atoms with Gasteiger partial charge in [0.05, 0.1) is 0 Å². The molecule has 0 unspecified atom stereocenters. The first-order valence-electron chi connectivity index (χ1n) is 6.97. The van der Waals surface area contributed by atoms with Crippen LogP contribution in [-0.2, 0) is 0 Å². The number of nitrogens with zero attached hydrogens (tertiary/aromatic N) is 1. The minimum absolute atomic E-state index is 0.435. The van der Waals surface area contributed by atoms with Gasteiger partial charge in [0.25, 0.3) is 0 Å². The van der Waals surface area contributed by atoms with E-state index in [1.54, 1.807) is 0 Å². The summed E-state index contributed by atoms with van der Waals surface area (Å²) in [5.41, 5.74) is 6.45. The normalized spacial score (nSPS) is 20.6. The molecular formula is C14H30N2. The highest BCUT2D eigenvalue weighted by Gasteiger charge is 2.31. The molecule has 1 fully saturated rings. The van der Waals surface area contributed by atoms with Gasteiger partial charge in [0.15, 0.2) is 0 Å². The molecule has 2 N–H and O–H groups in total. The van der Waals surface area contributed by atoms with Crippen LogP contribution in [0.4, 0.5) is 0 Å². The summed E-state index contributed by atoms with van der Waals surface area (Å²) in [7, 11) is 2.26. The molecule has 0 saturated heterocycles. The quantitative estimate of drug-likeness (QED) is 0.754. The van der Waals surface area contributed by atoms with E-state index in [0.29, 0.717) is 5.41 Å². The molecule has 1 rings (SSSR count). The molecule has 0 aromatic rings. The van der Waals surface area contributed by atoms with Crippen LogP contribution in [-0.4, -0.2) is 31.6 Å². The van der Waals surface area contributed by atoms with Crippen LogP contribution in [0.25, 0.3) is 0 Å². The Labute approximate surface area is 102 Å². The molecule has 0 atom stereocenters. The van der Waals surface area contributed by atoms with Gasteiger partial charge in [0.1, 0.15) is 0 Å². The predicted molar refractivity (Wildman–Crippen MR) is 71.5 cm³/mol. The lowest BCUT2D eigenvalue weighted by atomic mass is 9.73. The van der Waals surface area contributed by atoms with Crippen LogP contribution in [0, 0.1) is 11.3 Å². The van der Waals surface area contributed by atoms with Crippen LogP contribution in [0.15, 0.2) is 0 Å². The summed E-state index contributed by atoms with van der Waals surface area (Å²) >= 11 is 0. The van der Waals surface area contributed by atoms with Gasteiger partial charge >= 0.3 is 0 Å². The van der Waals surface area contributed by atoms with Gasteiger partial charge in [-0.05, 0) is 50.7 Å². The van der Waals surface area contributed by atoms with Crippen LogP contribution in [0.1, 0.15) is 52.4 Å². The van der Waals surface area contributed by atoms with E-state index in [4.69, 9.17) is 5.73 Å². The van der Waals surface area contributed by atoms with Crippen LogP contribution in [0.5, 0.6) is 0 Å². The van der Waals surface area contributed by atoms with E-state index in [2.05, 4.69) is 25.8 Å². The van der Waals surface area contributed by atoms with Gasteiger partial charge in [-0.25, -0.2) is 0 Å². The zero-order valence-electron chi connectivity index (χ0n) is 11.5. The van der Waals surface area contributed by atoms with E-state index >= 15 is 0 Å². The van der Waals surface area contributed by atoms with Crippen molar-refractivity contribution in [2.75, 3.05) is 26.7 Å². The molecule has 0 aliphatic heterocycles. The summed E-state index contributed by atoms with van der Waals surface area (Å²) < 4.78 is 0. The second-order valence-corrected chi connectivity index (χ2v) is 6.19. The summed E-state index contributed by atoms with van der Waals surface area (Å²) in [4.78, 5) is 2.50. The zero-order valence-corrected chi connectivity index (χ0v) is 11.5. The highest BCUT2D eigenvalue weighted by Crippen LogP contribution is 2.35. The van der Waals surface area contributed by atoms with Crippen LogP contribution in [0.3, 0.4) is 0 Å². The molecular weight excluding hydrogens is 196 g/mol. The lowest BCUT2D eigenvalue weighted by Gasteiger charge is -2.39. The lowest BCUT2D eigenvalue weighted by molar-refractivity contribution is 0.125. The first-order valence-corrected chi connectivity index (χ1v) is 6.97. The maximum atomic E-state index is 6.02. The summed E-state index contributed by atoms with van der Waals surface area (Å²) in [6.07, 6.45) is 8.17. The topological polar surface area (TPSA) is 29.3 Å². The minimum atomic E-state index is 0.435. The molecule has 0 heterocycles. The van der Waals surface area contributed by atoms with E-state index in [0.717, 1.165) is 12.5 Å². The fraction of sp³-hybridized carbons (Fsp3) is 1.00. The molecule has 1 aliphatic rings. The Morgan fingerprint density at radius 2 is 1.81 bits per heavy atom. The predicted octanol–water partition coefficient (Wildman–Crippen LogP) is 2.87. The molecule has 16 heavy (non-hydrogen) atoms. The second-order valence-electron chi connectivity index (χ2n) is 6.19. The Kier molecular flexibility index (Phi) is 5.77. The van der Waals surface area contributed by atoms with Crippen LogP contribution < -0.4 is 5.73 Å². The van der Waals surface area contributed by atoms with Crippen molar-refractivity contribution >= 4 is 0 Å². The van der Waals surface area contributed by atoms with Crippen molar-refractivity contribution in [1.82, 2.24) is 4.90 Å². The molecule has 0 radical (unpaired) electrons. The van der Waals surface area contributed by atoms with Crippen molar-refractivity contribution in [2.24, 2.45) is 17.1 Å². The van der Waals surface area contributed by atoms with E-state index < -0.39 is 0 Å². The Morgan fingerprint density at radius 1 is 1.19 bits per heavy atom. The molecule has 1 saturated carbocycles.